The average Bonchev–Trinajstić information content (AvgIpc) is 2.86. The van der Waals surface area contributed by atoms with Crippen LogP contribution in [0.1, 0.15) is 38.3 Å². The standard InChI is InChI=1S/C28H36N4O6/c1-7-19(33)27(3)23(25(35)36)28(4,24(27)26(37)38)20(34)14-18-9-11-22(30-16-18)32(6)13-12-31(5)21-10-8-17(2)15-29-21/h8-11,15-16,23-24H,7,12-14H2,1-6H3,(H,35,36)(H,37,38). The normalized spacial score (nSPS) is 24.3. The fourth-order valence-corrected chi connectivity index (χ4v) is 5.87. The molecule has 2 aromatic heterocycles. The lowest BCUT2D eigenvalue weighted by Gasteiger charge is -2.60. The van der Waals surface area contributed by atoms with Crippen molar-refractivity contribution in [3.05, 3.63) is 47.8 Å². The van der Waals surface area contributed by atoms with Gasteiger partial charge in [-0.25, -0.2) is 9.97 Å². The number of rotatable bonds is 12. The van der Waals surface area contributed by atoms with Crippen molar-refractivity contribution in [1.82, 2.24) is 9.97 Å². The zero-order chi connectivity index (χ0) is 28.4. The molecule has 2 unspecified atom stereocenters. The van der Waals surface area contributed by atoms with Gasteiger partial charge in [0.05, 0.1) is 22.7 Å². The predicted molar refractivity (Wildman–Crippen MR) is 142 cm³/mol. The first-order chi connectivity index (χ1) is 17.8. The third-order valence-corrected chi connectivity index (χ3v) is 8.04. The van der Waals surface area contributed by atoms with Crippen molar-refractivity contribution in [3.8, 4) is 0 Å². The number of nitrogens with zero attached hydrogens (tertiary/aromatic N) is 4. The third kappa shape index (κ3) is 4.99. The minimum absolute atomic E-state index is 0.00937. The Bertz CT molecular complexity index is 1190. The van der Waals surface area contributed by atoms with Crippen LogP contribution in [0.5, 0.6) is 0 Å². The van der Waals surface area contributed by atoms with Crippen LogP contribution in [0, 0.1) is 29.6 Å². The number of hydrogen-bond acceptors (Lipinski definition) is 8. The zero-order valence-electron chi connectivity index (χ0n) is 22.8. The molecule has 204 valence electrons. The molecule has 2 heterocycles. The van der Waals surface area contributed by atoms with Gasteiger partial charge in [-0.3, -0.25) is 19.2 Å². The van der Waals surface area contributed by atoms with Crippen LogP contribution in [-0.2, 0) is 25.6 Å². The van der Waals surface area contributed by atoms with Crippen LogP contribution in [0.25, 0.3) is 0 Å². The smallest absolute Gasteiger partial charge is 0.308 e. The summed E-state index contributed by atoms with van der Waals surface area (Å²) >= 11 is 0. The van der Waals surface area contributed by atoms with Gasteiger partial charge < -0.3 is 20.0 Å². The van der Waals surface area contributed by atoms with E-state index in [1.54, 1.807) is 25.3 Å². The number of aliphatic carboxylic acids is 2. The summed E-state index contributed by atoms with van der Waals surface area (Å²) in [4.78, 5) is 63.3. The van der Waals surface area contributed by atoms with Gasteiger partial charge in [-0.05, 0) is 30.2 Å². The number of carbonyl (C=O) groups is 4. The molecule has 0 aromatic carbocycles. The van der Waals surface area contributed by atoms with Crippen LogP contribution in [0.15, 0.2) is 36.7 Å². The fraction of sp³-hybridized carbons (Fsp3) is 0.500. The van der Waals surface area contributed by atoms with E-state index in [0.29, 0.717) is 24.5 Å². The molecule has 10 heteroatoms. The second kappa shape index (κ2) is 10.9. The molecule has 0 amide bonds. The molecule has 10 nitrogen and oxygen atoms in total. The van der Waals surface area contributed by atoms with E-state index in [0.717, 1.165) is 11.4 Å². The number of anilines is 2. The molecule has 0 aliphatic heterocycles. The highest BCUT2D eigenvalue weighted by Gasteiger charge is 2.76. The quantitative estimate of drug-likeness (QED) is 0.426. The van der Waals surface area contributed by atoms with E-state index in [1.807, 2.05) is 49.1 Å². The van der Waals surface area contributed by atoms with Crippen LogP contribution < -0.4 is 9.80 Å². The minimum Gasteiger partial charge on any atom is -0.481 e. The molecule has 0 bridgehead atoms. The highest BCUT2D eigenvalue weighted by Crippen LogP contribution is 2.65. The topological polar surface area (TPSA) is 141 Å². The number of Topliss-reactive ketones (excluding diaryl/α,β-unsaturated/α-hetero) is 2. The Hall–Kier alpha value is -3.82. The Labute approximate surface area is 222 Å². The number of carboxylic acid groups (broad SMARTS) is 2. The van der Waals surface area contributed by atoms with Crippen molar-refractivity contribution in [2.45, 2.75) is 40.5 Å². The minimum atomic E-state index is -1.72. The van der Waals surface area contributed by atoms with E-state index in [2.05, 4.69) is 9.97 Å². The van der Waals surface area contributed by atoms with Gasteiger partial charge in [-0.15, -0.1) is 0 Å². The van der Waals surface area contributed by atoms with E-state index in [9.17, 15) is 29.4 Å². The first-order valence-corrected chi connectivity index (χ1v) is 12.6. The number of ketones is 2. The molecule has 2 aromatic rings. The van der Waals surface area contributed by atoms with Gasteiger partial charge in [-0.1, -0.05) is 32.9 Å². The van der Waals surface area contributed by atoms with E-state index >= 15 is 0 Å². The second-order valence-corrected chi connectivity index (χ2v) is 10.5. The highest BCUT2D eigenvalue weighted by atomic mass is 16.4. The molecule has 3 rings (SSSR count). The van der Waals surface area contributed by atoms with Crippen molar-refractivity contribution in [3.63, 3.8) is 0 Å². The molecule has 1 saturated carbocycles. The Kier molecular flexibility index (Phi) is 8.24. The number of aromatic nitrogens is 2. The van der Waals surface area contributed by atoms with Crippen molar-refractivity contribution in [2.75, 3.05) is 37.0 Å². The van der Waals surface area contributed by atoms with Crippen LogP contribution >= 0.6 is 0 Å². The number of hydrogen-bond donors (Lipinski definition) is 2. The summed E-state index contributed by atoms with van der Waals surface area (Å²) in [7, 11) is 3.86. The molecule has 38 heavy (non-hydrogen) atoms. The molecule has 2 N–H and O–H groups in total. The SMILES string of the molecule is CCC(=O)C1(C)C(C(=O)O)C(C)(C(=O)Cc2ccc(N(C)CCN(C)c3ccc(C)cn3)nc2)C1C(=O)O. The van der Waals surface area contributed by atoms with Gasteiger partial charge in [0.1, 0.15) is 23.2 Å². The molecule has 2 atom stereocenters. The Morgan fingerprint density at radius 1 is 0.816 bits per heavy atom. The maximum absolute atomic E-state index is 13.4. The molecule has 1 aliphatic carbocycles. The second-order valence-electron chi connectivity index (χ2n) is 10.5. The number of pyridine rings is 2. The lowest BCUT2D eigenvalue weighted by molar-refractivity contribution is -0.215. The van der Waals surface area contributed by atoms with Crippen molar-refractivity contribution < 1.29 is 29.4 Å². The number of carbonyl (C=O) groups excluding carboxylic acids is 2. The molecule has 0 saturated heterocycles. The Morgan fingerprint density at radius 2 is 1.29 bits per heavy atom. The van der Waals surface area contributed by atoms with Gasteiger partial charge in [-0.2, -0.15) is 0 Å². The summed E-state index contributed by atoms with van der Waals surface area (Å²) in [5.41, 5.74) is -1.74. The lowest BCUT2D eigenvalue weighted by Crippen LogP contribution is -2.72. The molecule has 1 fully saturated rings. The molecule has 1 aliphatic rings. The first kappa shape index (κ1) is 28.7. The molecular weight excluding hydrogens is 488 g/mol. The van der Waals surface area contributed by atoms with E-state index in [-0.39, 0.29) is 12.8 Å². The van der Waals surface area contributed by atoms with Gasteiger partial charge in [0, 0.05) is 52.4 Å². The number of likely N-dealkylation sites (N-methyl/N-ethyl adjacent to an activating group) is 2. The summed E-state index contributed by atoms with van der Waals surface area (Å²) in [6, 6.07) is 7.47. The Morgan fingerprint density at radius 3 is 1.68 bits per heavy atom. The summed E-state index contributed by atoms with van der Waals surface area (Å²) in [6.45, 7) is 7.62. The predicted octanol–water partition coefficient (Wildman–Crippen LogP) is 2.88. The van der Waals surface area contributed by atoms with Crippen LogP contribution in [0.3, 0.4) is 0 Å². The Balaban J connectivity index is 1.71. The van der Waals surface area contributed by atoms with E-state index < -0.39 is 46.2 Å². The summed E-state index contributed by atoms with van der Waals surface area (Å²) in [5, 5.41) is 19.8. The summed E-state index contributed by atoms with van der Waals surface area (Å²) in [5.74, 6) is -4.98. The van der Waals surface area contributed by atoms with Crippen molar-refractivity contribution in [2.24, 2.45) is 22.7 Å². The monoisotopic (exact) mass is 524 g/mol. The summed E-state index contributed by atoms with van der Waals surface area (Å²) in [6.07, 6.45) is 3.17. The third-order valence-electron chi connectivity index (χ3n) is 8.04. The average molecular weight is 525 g/mol. The van der Waals surface area contributed by atoms with E-state index in [4.69, 9.17) is 0 Å². The molecular formula is C28H36N4O6. The van der Waals surface area contributed by atoms with Gasteiger partial charge in [0.2, 0.25) is 0 Å². The van der Waals surface area contributed by atoms with Gasteiger partial charge >= 0.3 is 11.9 Å². The van der Waals surface area contributed by atoms with Crippen LogP contribution in [0.2, 0.25) is 0 Å². The lowest BCUT2D eigenvalue weighted by atomic mass is 9.37. The van der Waals surface area contributed by atoms with Gasteiger partial charge in [0.15, 0.2) is 0 Å². The maximum atomic E-state index is 13.4. The zero-order valence-corrected chi connectivity index (χ0v) is 22.8. The van der Waals surface area contributed by atoms with Crippen molar-refractivity contribution in [1.29, 1.82) is 0 Å². The largest absolute Gasteiger partial charge is 0.481 e. The fourth-order valence-electron chi connectivity index (χ4n) is 5.87. The first-order valence-electron chi connectivity index (χ1n) is 12.6. The summed E-state index contributed by atoms with van der Waals surface area (Å²) < 4.78 is 0. The van der Waals surface area contributed by atoms with Gasteiger partial charge in [0.25, 0.3) is 0 Å². The number of aryl methyl sites for hydroxylation is 1. The van der Waals surface area contributed by atoms with Crippen LogP contribution in [0.4, 0.5) is 11.6 Å². The van der Waals surface area contributed by atoms with Crippen molar-refractivity contribution >= 4 is 35.1 Å². The maximum Gasteiger partial charge on any atom is 0.308 e. The molecule has 0 spiro atoms. The number of carboxylic acids is 2. The highest BCUT2D eigenvalue weighted by molar-refractivity contribution is 6.05. The molecule has 0 radical (unpaired) electrons. The van der Waals surface area contributed by atoms with Crippen LogP contribution in [-0.4, -0.2) is 70.9 Å². The van der Waals surface area contributed by atoms with E-state index in [1.165, 1.54) is 13.8 Å².